The molecule has 0 saturated carbocycles. The summed E-state index contributed by atoms with van der Waals surface area (Å²) in [6.45, 7) is 0. The minimum atomic E-state index is -0.172. The zero-order valence-electron chi connectivity index (χ0n) is 16.7. The third-order valence-corrected chi connectivity index (χ3v) is 4.64. The highest BCUT2D eigenvalue weighted by Gasteiger charge is 2.14. The van der Waals surface area contributed by atoms with E-state index in [9.17, 15) is 4.79 Å². The van der Waals surface area contributed by atoms with Gasteiger partial charge in [0.15, 0.2) is 0 Å². The molecule has 7 nitrogen and oxygen atoms in total. The Labute approximate surface area is 174 Å². The molecule has 4 rings (SSSR count). The van der Waals surface area contributed by atoms with E-state index in [-0.39, 0.29) is 5.91 Å². The Kier molecular flexibility index (Phi) is 5.52. The van der Waals surface area contributed by atoms with E-state index >= 15 is 0 Å². The van der Waals surface area contributed by atoms with Gasteiger partial charge in [-0.2, -0.15) is 4.98 Å². The number of benzene rings is 2. The lowest BCUT2D eigenvalue weighted by atomic mass is 10.1. The van der Waals surface area contributed by atoms with Crippen molar-refractivity contribution < 1.29 is 9.32 Å². The smallest absolute Gasteiger partial charge is 0.255 e. The fourth-order valence-electron chi connectivity index (χ4n) is 3.02. The lowest BCUT2D eigenvalue weighted by Gasteiger charge is -2.14. The van der Waals surface area contributed by atoms with Crippen LogP contribution in [0.1, 0.15) is 21.8 Å². The first-order chi connectivity index (χ1) is 14.6. The van der Waals surface area contributed by atoms with Crippen LogP contribution in [0.2, 0.25) is 0 Å². The van der Waals surface area contributed by atoms with Crippen molar-refractivity contribution in [3.63, 3.8) is 0 Å². The largest absolute Gasteiger partial charge is 0.378 e. The lowest BCUT2D eigenvalue weighted by molar-refractivity contribution is 0.102. The number of rotatable bonds is 6. The van der Waals surface area contributed by atoms with E-state index in [1.165, 1.54) is 0 Å². The Morgan fingerprint density at radius 3 is 2.63 bits per heavy atom. The van der Waals surface area contributed by atoms with Gasteiger partial charge >= 0.3 is 0 Å². The average molecular weight is 399 g/mol. The van der Waals surface area contributed by atoms with Crippen molar-refractivity contribution in [3.8, 4) is 11.4 Å². The molecule has 7 heteroatoms. The van der Waals surface area contributed by atoms with Crippen LogP contribution in [0, 0.1) is 0 Å². The molecule has 2 heterocycles. The monoisotopic (exact) mass is 399 g/mol. The molecule has 0 radical (unpaired) electrons. The second-order valence-electron chi connectivity index (χ2n) is 6.98. The standard InChI is InChI=1S/C23H21N5O2/c1-28(2)19-8-5-7-18(14-19)23(29)25-20-9-4-3-6-17(20)15-21-26-22(27-30-21)16-10-12-24-13-11-16/h3-14H,15H2,1-2H3,(H,25,29). The van der Waals surface area contributed by atoms with Crippen LogP contribution in [-0.4, -0.2) is 35.1 Å². The third-order valence-electron chi connectivity index (χ3n) is 4.64. The molecule has 30 heavy (non-hydrogen) atoms. The molecule has 1 N–H and O–H groups in total. The Balaban J connectivity index is 1.53. The van der Waals surface area contributed by atoms with E-state index in [0.29, 0.717) is 29.4 Å². The number of anilines is 2. The van der Waals surface area contributed by atoms with Crippen molar-refractivity contribution in [2.75, 3.05) is 24.3 Å². The molecule has 150 valence electrons. The van der Waals surface area contributed by atoms with Crippen LogP contribution in [0.4, 0.5) is 11.4 Å². The predicted octanol–water partition coefficient (Wildman–Crippen LogP) is 4.04. The quantitative estimate of drug-likeness (QED) is 0.527. The second kappa shape index (κ2) is 8.57. The first kappa shape index (κ1) is 19.3. The molecule has 0 saturated heterocycles. The molecule has 0 unspecified atom stereocenters. The third kappa shape index (κ3) is 4.35. The van der Waals surface area contributed by atoms with E-state index in [0.717, 1.165) is 16.8 Å². The maximum absolute atomic E-state index is 12.8. The lowest BCUT2D eigenvalue weighted by Crippen LogP contribution is -2.15. The summed E-state index contributed by atoms with van der Waals surface area (Å²) in [4.78, 5) is 23.2. The predicted molar refractivity (Wildman–Crippen MR) is 115 cm³/mol. The molecule has 0 aliphatic carbocycles. The zero-order chi connectivity index (χ0) is 20.9. The van der Waals surface area contributed by atoms with Crippen LogP contribution in [-0.2, 0) is 6.42 Å². The van der Waals surface area contributed by atoms with Gasteiger partial charge in [-0.05, 0) is 42.0 Å². The minimum Gasteiger partial charge on any atom is -0.378 e. The van der Waals surface area contributed by atoms with Crippen molar-refractivity contribution in [3.05, 3.63) is 90.1 Å². The first-order valence-electron chi connectivity index (χ1n) is 9.50. The number of aromatic nitrogens is 3. The second-order valence-corrected chi connectivity index (χ2v) is 6.98. The van der Waals surface area contributed by atoms with Crippen LogP contribution >= 0.6 is 0 Å². The number of hydrogen-bond donors (Lipinski definition) is 1. The van der Waals surface area contributed by atoms with E-state index < -0.39 is 0 Å². The topological polar surface area (TPSA) is 84.2 Å². The van der Waals surface area contributed by atoms with Gasteiger partial charge in [0.25, 0.3) is 5.91 Å². The fraction of sp³-hybridized carbons (Fsp3) is 0.130. The van der Waals surface area contributed by atoms with Crippen LogP contribution in [0.5, 0.6) is 0 Å². The average Bonchev–Trinajstić information content (AvgIpc) is 3.24. The van der Waals surface area contributed by atoms with Crippen LogP contribution in [0.3, 0.4) is 0 Å². The van der Waals surface area contributed by atoms with Crippen LogP contribution < -0.4 is 10.2 Å². The highest BCUT2D eigenvalue weighted by Crippen LogP contribution is 2.22. The fourth-order valence-corrected chi connectivity index (χ4v) is 3.02. The number of amides is 1. The molecule has 0 fully saturated rings. The summed E-state index contributed by atoms with van der Waals surface area (Å²) >= 11 is 0. The number of carbonyl (C=O) groups excluding carboxylic acids is 1. The molecule has 0 spiro atoms. The van der Waals surface area contributed by atoms with Gasteiger partial charge in [-0.1, -0.05) is 29.4 Å². The normalized spacial score (nSPS) is 10.6. The Bertz CT molecular complexity index is 1150. The van der Waals surface area contributed by atoms with E-state index in [2.05, 4.69) is 20.4 Å². The SMILES string of the molecule is CN(C)c1cccc(C(=O)Nc2ccccc2Cc2nc(-c3ccncc3)no2)c1. The summed E-state index contributed by atoms with van der Waals surface area (Å²) in [5, 5.41) is 7.04. The van der Waals surface area contributed by atoms with Crippen LogP contribution in [0.25, 0.3) is 11.4 Å². The molecule has 0 atom stereocenters. The van der Waals surface area contributed by atoms with Gasteiger partial charge in [-0.15, -0.1) is 0 Å². The number of hydrogen-bond acceptors (Lipinski definition) is 6. The van der Waals surface area contributed by atoms with E-state index in [4.69, 9.17) is 4.52 Å². The Morgan fingerprint density at radius 1 is 1.03 bits per heavy atom. The highest BCUT2D eigenvalue weighted by atomic mass is 16.5. The molecule has 2 aromatic carbocycles. The van der Waals surface area contributed by atoms with Crippen LogP contribution in [0.15, 0.2) is 77.6 Å². The summed E-state index contributed by atoms with van der Waals surface area (Å²) in [5.74, 6) is 0.807. The molecular formula is C23H21N5O2. The molecule has 2 aromatic heterocycles. The maximum Gasteiger partial charge on any atom is 0.255 e. The Morgan fingerprint density at radius 2 is 1.83 bits per heavy atom. The van der Waals surface area contributed by atoms with Gasteiger partial charge in [0.05, 0.1) is 6.42 Å². The van der Waals surface area contributed by atoms with Gasteiger partial charge in [0, 0.05) is 49.0 Å². The van der Waals surface area contributed by atoms with Gasteiger partial charge in [-0.3, -0.25) is 9.78 Å². The molecular weight excluding hydrogens is 378 g/mol. The number of nitrogens with one attached hydrogen (secondary N) is 1. The molecule has 4 aromatic rings. The summed E-state index contributed by atoms with van der Waals surface area (Å²) in [5.41, 5.74) is 3.99. The summed E-state index contributed by atoms with van der Waals surface area (Å²) < 4.78 is 5.41. The van der Waals surface area contributed by atoms with Gasteiger partial charge in [0.2, 0.25) is 11.7 Å². The number of nitrogens with zero attached hydrogens (tertiary/aromatic N) is 4. The maximum atomic E-state index is 12.8. The minimum absolute atomic E-state index is 0.172. The first-order valence-corrected chi connectivity index (χ1v) is 9.50. The van der Waals surface area contributed by atoms with Gasteiger partial charge < -0.3 is 14.7 Å². The number of para-hydroxylation sites is 1. The molecule has 1 amide bonds. The van der Waals surface area contributed by atoms with Gasteiger partial charge in [0.1, 0.15) is 0 Å². The van der Waals surface area contributed by atoms with Crippen molar-refractivity contribution in [1.82, 2.24) is 15.1 Å². The number of pyridine rings is 1. The Hall–Kier alpha value is -4.00. The summed E-state index contributed by atoms with van der Waals surface area (Å²) in [7, 11) is 3.88. The summed E-state index contributed by atoms with van der Waals surface area (Å²) in [6, 6.07) is 18.7. The molecule has 0 aliphatic rings. The summed E-state index contributed by atoms with van der Waals surface area (Å²) in [6.07, 6.45) is 3.77. The van der Waals surface area contributed by atoms with Crippen molar-refractivity contribution >= 4 is 17.3 Å². The highest BCUT2D eigenvalue weighted by molar-refractivity contribution is 6.05. The van der Waals surface area contributed by atoms with Crippen molar-refractivity contribution in [2.24, 2.45) is 0 Å². The van der Waals surface area contributed by atoms with Crippen molar-refractivity contribution in [2.45, 2.75) is 6.42 Å². The number of carbonyl (C=O) groups is 1. The van der Waals surface area contributed by atoms with Gasteiger partial charge in [-0.25, -0.2) is 0 Å². The molecule has 0 bridgehead atoms. The van der Waals surface area contributed by atoms with Crippen molar-refractivity contribution in [1.29, 1.82) is 0 Å². The van der Waals surface area contributed by atoms with E-state index in [1.807, 2.05) is 73.6 Å². The zero-order valence-corrected chi connectivity index (χ0v) is 16.7. The van der Waals surface area contributed by atoms with E-state index in [1.54, 1.807) is 18.5 Å². The molecule has 0 aliphatic heterocycles.